The van der Waals surface area contributed by atoms with Crippen molar-refractivity contribution in [1.82, 2.24) is 4.98 Å². The molecule has 4 nitrogen and oxygen atoms in total. The van der Waals surface area contributed by atoms with Crippen LogP contribution in [0.2, 0.25) is 0 Å². The van der Waals surface area contributed by atoms with Crippen LogP contribution in [0, 0.1) is 5.51 Å². The van der Waals surface area contributed by atoms with Crippen LogP contribution in [-0.4, -0.2) is 11.0 Å². The van der Waals surface area contributed by atoms with E-state index in [0.29, 0.717) is 11.7 Å². The van der Waals surface area contributed by atoms with E-state index in [4.69, 9.17) is 5.73 Å². The van der Waals surface area contributed by atoms with Gasteiger partial charge in [-0.3, -0.25) is 5.32 Å². The van der Waals surface area contributed by atoms with Crippen LogP contribution in [0.25, 0.3) is 0 Å². The summed E-state index contributed by atoms with van der Waals surface area (Å²) in [6, 6.07) is -0.559. The third kappa shape index (κ3) is 1.40. The van der Waals surface area contributed by atoms with Crippen LogP contribution in [0.4, 0.5) is 10.6 Å². The van der Waals surface area contributed by atoms with E-state index in [0.717, 1.165) is 4.88 Å². The highest BCUT2D eigenvalue weighted by Crippen LogP contribution is 2.44. The van der Waals surface area contributed by atoms with Gasteiger partial charge in [0.2, 0.25) is 0 Å². The fourth-order valence-electron chi connectivity index (χ4n) is 1.05. The van der Waals surface area contributed by atoms with Gasteiger partial charge < -0.3 is 5.73 Å². The van der Waals surface area contributed by atoms with E-state index in [1.807, 2.05) is 0 Å². The zero-order chi connectivity index (χ0) is 8.55. The first kappa shape index (κ1) is 7.54. The number of hydrogen-bond acceptors (Lipinski definition) is 3. The molecule has 1 aromatic heterocycles. The Kier molecular flexibility index (Phi) is 1.73. The van der Waals surface area contributed by atoms with Crippen LogP contribution in [0.3, 0.4) is 0 Å². The van der Waals surface area contributed by atoms with E-state index in [1.54, 1.807) is 0 Å². The van der Waals surface area contributed by atoms with E-state index in [2.05, 4.69) is 15.8 Å². The number of rotatable bonds is 2. The van der Waals surface area contributed by atoms with Crippen LogP contribution < -0.4 is 11.1 Å². The molecule has 1 aromatic rings. The molecule has 12 heavy (non-hydrogen) atoms. The number of thiazole rings is 1. The highest BCUT2D eigenvalue weighted by atomic mass is 32.1. The topological polar surface area (TPSA) is 68.0 Å². The Balaban J connectivity index is 2.18. The highest BCUT2D eigenvalue weighted by Gasteiger charge is 2.28. The standard InChI is InChI=1S/C7H8N3OS/c8-7(11)10-6-5(4-1-2-4)12-3-9-6/h4H,1-2H2,(H3,8,10,11). The molecule has 1 heterocycles. The molecule has 1 saturated carbocycles. The number of nitrogens with two attached hydrogens (primary N) is 1. The first-order chi connectivity index (χ1) is 5.77. The zero-order valence-electron chi connectivity index (χ0n) is 6.33. The molecule has 0 aliphatic heterocycles. The van der Waals surface area contributed by atoms with Gasteiger partial charge in [-0.15, -0.1) is 11.3 Å². The molecule has 1 aliphatic carbocycles. The van der Waals surface area contributed by atoms with Gasteiger partial charge in [-0.1, -0.05) is 0 Å². The molecule has 5 heteroatoms. The predicted molar refractivity (Wildman–Crippen MR) is 46.1 cm³/mol. The number of urea groups is 1. The minimum Gasteiger partial charge on any atom is -0.351 e. The van der Waals surface area contributed by atoms with Crippen molar-refractivity contribution in [1.29, 1.82) is 0 Å². The van der Waals surface area contributed by atoms with Crippen LogP contribution >= 0.6 is 11.3 Å². The summed E-state index contributed by atoms with van der Waals surface area (Å²) in [6.07, 6.45) is 2.37. The third-order valence-corrected chi connectivity index (χ3v) is 2.67. The van der Waals surface area contributed by atoms with E-state index in [-0.39, 0.29) is 0 Å². The normalized spacial score (nSPS) is 16.0. The summed E-state index contributed by atoms with van der Waals surface area (Å²) in [5, 5.41) is 2.48. The predicted octanol–water partition coefficient (Wildman–Crippen LogP) is 1.31. The van der Waals surface area contributed by atoms with Crippen LogP contribution in [0.5, 0.6) is 0 Å². The fourth-order valence-corrected chi connectivity index (χ4v) is 1.88. The van der Waals surface area contributed by atoms with E-state index < -0.39 is 6.03 Å². The maximum absolute atomic E-state index is 10.5. The second-order valence-electron chi connectivity index (χ2n) is 2.78. The number of anilines is 1. The Morgan fingerprint density at radius 2 is 2.50 bits per heavy atom. The minimum atomic E-state index is -0.559. The SMILES string of the molecule is NC(=O)Nc1n[c]sc1C1CC1. The molecule has 2 rings (SSSR count). The number of amides is 2. The Morgan fingerprint density at radius 3 is 3.08 bits per heavy atom. The van der Waals surface area contributed by atoms with Gasteiger partial charge >= 0.3 is 6.03 Å². The molecular formula is C7H8N3OS. The molecule has 0 atom stereocenters. The first-order valence-corrected chi connectivity index (χ1v) is 4.52. The van der Waals surface area contributed by atoms with Gasteiger partial charge in [0.1, 0.15) is 5.82 Å². The molecule has 1 aliphatic rings. The van der Waals surface area contributed by atoms with E-state index in [9.17, 15) is 4.79 Å². The Hall–Kier alpha value is -1.10. The molecule has 0 saturated heterocycles. The lowest BCUT2D eigenvalue weighted by Gasteiger charge is -1.98. The van der Waals surface area contributed by atoms with Crippen molar-refractivity contribution in [2.45, 2.75) is 18.8 Å². The number of carbonyl (C=O) groups is 1. The lowest BCUT2D eigenvalue weighted by atomic mass is 10.3. The maximum atomic E-state index is 10.5. The lowest BCUT2D eigenvalue weighted by Crippen LogP contribution is -2.20. The average Bonchev–Trinajstić information content (AvgIpc) is 2.73. The van der Waals surface area contributed by atoms with Crippen molar-refractivity contribution in [3.05, 3.63) is 10.4 Å². The largest absolute Gasteiger partial charge is 0.351 e. The summed E-state index contributed by atoms with van der Waals surface area (Å²) in [5.41, 5.74) is 7.72. The van der Waals surface area contributed by atoms with Crippen LogP contribution in [-0.2, 0) is 0 Å². The van der Waals surface area contributed by atoms with Gasteiger partial charge in [-0.05, 0) is 18.8 Å². The maximum Gasteiger partial charge on any atom is 0.317 e. The highest BCUT2D eigenvalue weighted by molar-refractivity contribution is 7.09. The molecule has 0 unspecified atom stereocenters. The Labute approximate surface area is 73.8 Å². The van der Waals surface area contributed by atoms with Crippen molar-refractivity contribution < 1.29 is 4.79 Å². The van der Waals surface area contributed by atoms with Crippen LogP contribution in [0.15, 0.2) is 0 Å². The number of carbonyl (C=O) groups excluding carboxylic acids is 1. The molecule has 63 valence electrons. The van der Waals surface area contributed by atoms with Gasteiger partial charge in [-0.25, -0.2) is 9.78 Å². The lowest BCUT2D eigenvalue weighted by molar-refractivity contribution is 0.259. The second kappa shape index (κ2) is 2.75. The van der Waals surface area contributed by atoms with Crippen molar-refractivity contribution in [2.75, 3.05) is 5.32 Å². The van der Waals surface area contributed by atoms with Crippen LogP contribution in [0.1, 0.15) is 23.6 Å². The minimum absolute atomic E-state index is 0.559. The summed E-state index contributed by atoms with van der Waals surface area (Å²) in [7, 11) is 0. The molecule has 2 amide bonds. The van der Waals surface area contributed by atoms with Crippen molar-refractivity contribution in [2.24, 2.45) is 5.73 Å². The smallest absolute Gasteiger partial charge is 0.317 e. The zero-order valence-corrected chi connectivity index (χ0v) is 7.15. The second-order valence-corrected chi connectivity index (χ2v) is 3.61. The van der Waals surface area contributed by atoms with E-state index >= 15 is 0 Å². The van der Waals surface area contributed by atoms with E-state index in [1.165, 1.54) is 24.2 Å². The number of hydrogen-bond donors (Lipinski definition) is 2. The summed E-state index contributed by atoms with van der Waals surface area (Å²) < 4.78 is 0. The van der Waals surface area contributed by atoms with Gasteiger partial charge in [0, 0.05) is 0 Å². The molecule has 0 spiro atoms. The molecule has 0 aromatic carbocycles. The van der Waals surface area contributed by atoms with Gasteiger partial charge in [-0.2, -0.15) is 0 Å². The number of nitrogens with zero attached hydrogens (tertiary/aromatic N) is 1. The van der Waals surface area contributed by atoms with Crippen molar-refractivity contribution >= 4 is 23.2 Å². The summed E-state index contributed by atoms with van der Waals surface area (Å²) in [4.78, 5) is 15.5. The third-order valence-electron chi connectivity index (χ3n) is 1.74. The van der Waals surface area contributed by atoms with Gasteiger partial charge in [0.15, 0.2) is 5.51 Å². The Morgan fingerprint density at radius 1 is 1.75 bits per heavy atom. The number of primary amides is 1. The van der Waals surface area contributed by atoms with Crippen molar-refractivity contribution in [3.8, 4) is 0 Å². The average molecular weight is 182 g/mol. The monoisotopic (exact) mass is 182 g/mol. The molecule has 3 N–H and O–H groups in total. The van der Waals surface area contributed by atoms with Gasteiger partial charge in [0.25, 0.3) is 0 Å². The molecule has 1 radical (unpaired) electrons. The molecule has 0 bridgehead atoms. The fraction of sp³-hybridized carbons (Fsp3) is 0.429. The summed E-state index contributed by atoms with van der Waals surface area (Å²) >= 11 is 1.46. The first-order valence-electron chi connectivity index (χ1n) is 3.70. The summed E-state index contributed by atoms with van der Waals surface area (Å²) in [5.74, 6) is 1.17. The van der Waals surface area contributed by atoms with Crippen molar-refractivity contribution in [3.63, 3.8) is 0 Å². The quantitative estimate of drug-likeness (QED) is 0.724. The Bertz CT molecular complexity index is 305. The summed E-state index contributed by atoms with van der Waals surface area (Å²) in [6.45, 7) is 0. The van der Waals surface area contributed by atoms with Gasteiger partial charge in [0.05, 0.1) is 4.88 Å². The number of aromatic nitrogens is 1. The number of nitrogens with one attached hydrogen (secondary N) is 1. The molecule has 1 fully saturated rings. The molecular weight excluding hydrogens is 174 g/mol.